The molecular weight excluding hydrogens is 476 g/mol. The van der Waals surface area contributed by atoms with E-state index in [9.17, 15) is 34.8 Å². The highest BCUT2D eigenvalue weighted by Gasteiger charge is 2.60. The summed E-state index contributed by atoms with van der Waals surface area (Å²) in [6.45, 7) is 9.43. The third kappa shape index (κ3) is 5.24. The molecule has 8 heteroatoms. The molecule has 5 unspecified atom stereocenters. The number of carbonyl (C=O) groups is 3. The number of unbranched alkanes of at least 4 members (excludes halogenated alkanes) is 3. The maximum Gasteiger partial charge on any atom is 0.334 e. The van der Waals surface area contributed by atoms with E-state index in [4.69, 9.17) is 4.74 Å². The minimum absolute atomic E-state index is 0.0525. The van der Waals surface area contributed by atoms with E-state index < -0.39 is 40.4 Å². The first-order valence-corrected chi connectivity index (χ1v) is 13.1. The molecule has 37 heavy (non-hydrogen) atoms. The topological polar surface area (TPSA) is 141 Å². The van der Waals surface area contributed by atoms with Crippen LogP contribution in [0.5, 0.6) is 5.75 Å². The van der Waals surface area contributed by atoms with Crippen LogP contribution in [0.2, 0.25) is 0 Å². The molecule has 0 fully saturated rings. The highest BCUT2D eigenvalue weighted by atomic mass is 16.6. The van der Waals surface area contributed by atoms with Crippen molar-refractivity contribution in [2.24, 2.45) is 5.92 Å². The number of ketones is 2. The van der Waals surface area contributed by atoms with Crippen LogP contribution in [-0.4, -0.2) is 49.7 Å². The van der Waals surface area contributed by atoms with Crippen molar-refractivity contribution in [3.63, 3.8) is 0 Å². The lowest BCUT2D eigenvalue weighted by Gasteiger charge is -2.43. The molecule has 5 atom stereocenters. The number of esters is 1. The minimum atomic E-state index is -2.34. The van der Waals surface area contributed by atoms with Gasteiger partial charge in [0, 0.05) is 28.7 Å². The number of aliphatic hydroxyl groups is 3. The van der Waals surface area contributed by atoms with Crippen LogP contribution in [-0.2, 0) is 31.9 Å². The second-order valence-corrected chi connectivity index (χ2v) is 11.3. The zero-order chi connectivity index (χ0) is 27.9. The van der Waals surface area contributed by atoms with Gasteiger partial charge in [-0.1, -0.05) is 45.6 Å². The number of hydrogen-bond acceptors (Lipinski definition) is 8. The molecule has 8 nitrogen and oxygen atoms in total. The smallest absolute Gasteiger partial charge is 0.334 e. The number of aromatic hydroxyl groups is 1. The van der Waals surface area contributed by atoms with Gasteiger partial charge < -0.3 is 25.2 Å². The van der Waals surface area contributed by atoms with Gasteiger partial charge in [-0.2, -0.15) is 0 Å². The van der Waals surface area contributed by atoms with Crippen LogP contribution in [0.15, 0.2) is 17.7 Å². The fourth-order valence-electron chi connectivity index (χ4n) is 5.80. The largest absolute Gasteiger partial charge is 0.508 e. The Morgan fingerprint density at radius 2 is 1.84 bits per heavy atom. The maximum absolute atomic E-state index is 13.8. The predicted octanol–water partition coefficient (Wildman–Crippen LogP) is 3.73. The third-order valence-electron chi connectivity index (χ3n) is 7.75. The van der Waals surface area contributed by atoms with Gasteiger partial charge in [0.2, 0.25) is 17.2 Å². The molecular formula is C29H40O8. The van der Waals surface area contributed by atoms with Gasteiger partial charge in [-0.05, 0) is 58.1 Å². The highest BCUT2D eigenvalue weighted by molar-refractivity contribution is 6.25. The molecule has 0 spiro atoms. The summed E-state index contributed by atoms with van der Waals surface area (Å²) in [6.07, 6.45) is 5.87. The lowest BCUT2D eigenvalue weighted by atomic mass is 9.65. The average molecular weight is 517 g/mol. The number of allylic oxidation sites excluding steroid dienone is 1. The Bertz CT molecular complexity index is 1130. The summed E-state index contributed by atoms with van der Waals surface area (Å²) in [5.41, 5.74) is -6.11. The van der Waals surface area contributed by atoms with Crippen LogP contribution < -0.4 is 0 Å². The van der Waals surface area contributed by atoms with Crippen LogP contribution in [0.3, 0.4) is 0 Å². The van der Waals surface area contributed by atoms with E-state index in [2.05, 4.69) is 6.92 Å². The Morgan fingerprint density at radius 1 is 1.19 bits per heavy atom. The van der Waals surface area contributed by atoms with Crippen LogP contribution in [0, 0.1) is 5.92 Å². The number of Topliss-reactive ketones (excluding diaryl/α,β-unsaturated/α-hetero) is 2. The zero-order valence-electron chi connectivity index (χ0n) is 22.7. The number of benzene rings is 1. The van der Waals surface area contributed by atoms with Crippen LogP contribution in [0.25, 0.3) is 0 Å². The van der Waals surface area contributed by atoms with Gasteiger partial charge in [0.25, 0.3) is 0 Å². The van der Waals surface area contributed by atoms with E-state index >= 15 is 0 Å². The van der Waals surface area contributed by atoms with Gasteiger partial charge in [0.05, 0.1) is 11.7 Å². The second kappa shape index (κ2) is 10.3. The summed E-state index contributed by atoms with van der Waals surface area (Å²) in [7, 11) is 0. The summed E-state index contributed by atoms with van der Waals surface area (Å²) < 4.78 is 5.55. The molecule has 1 aromatic carbocycles. The van der Waals surface area contributed by atoms with Crippen molar-refractivity contribution in [3.05, 3.63) is 40.0 Å². The van der Waals surface area contributed by atoms with Crippen LogP contribution in [0.1, 0.15) is 107 Å². The SMILES string of the molecule is CCCCCCC(C)C=C(C)C(=O)OC1(C)C(=O)c2c(cc(O)c3c2CC(O)CC3(C)O)C(C)(O)C1=O. The highest BCUT2D eigenvalue weighted by Crippen LogP contribution is 2.49. The molecule has 0 bridgehead atoms. The van der Waals surface area contributed by atoms with E-state index in [1.165, 1.54) is 13.8 Å². The van der Waals surface area contributed by atoms with E-state index in [1.54, 1.807) is 13.0 Å². The van der Waals surface area contributed by atoms with Crippen molar-refractivity contribution in [2.75, 3.05) is 0 Å². The molecule has 0 amide bonds. The molecule has 0 aliphatic heterocycles. The van der Waals surface area contributed by atoms with Crippen molar-refractivity contribution in [3.8, 4) is 5.75 Å². The molecule has 204 valence electrons. The van der Waals surface area contributed by atoms with Gasteiger partial charge in [0.1, 0.15) is 5.75 Å². The van der Waals surface area contributed by atoms with Crippen molar-refractivity contribution in [2.45, 2.75) is 109 Å². The number of aliphatic hydroxyl groups excluding tert-OH is 1. The first-order chi connectivity index (χ1) is 17.1. The summed E-state index contributed by atoms with van der Waals surface area (Å²) in [6, 6.07) is 1.10. The first-order valence-electron chi connectivity index (χ1n) is 13.1. The number of ether oxygens (including phenoxy) is 1. The van der Waals surface area contributed by atoms with Crippen molar-refractivity contribution in [1.29, 1.82) is 0 Å². The van der Waals surface area contributed by atoms with Crippen molar-refractivity contribution < 1.29 is 39.5 Å². The fraction of sp³-hybridized carbons (Fsp3) is 0.621. The number of phenolic OH excluding ortho intramolecular Hbond substituents is 1. The van der Waals surface area contributed by atoms with E-state index in [-0.39, 0.29) is 52.3 Å². The van der Waals surface area contributed by atoms with Gasteiger partial charge in [-0.3, -0.25) is 9.59 Å². The Labute approximate surface area is 218 Å². The normalized spacial score (nSPS) is 30.5. The lowest BCUT2D eigenvalue weighted by Crippen LogP contribution is -2.60. The minimum Gasteiger partial charge on any atom is -0.508 e. The number of rotatable bonds is 8. The monoisotopic (exact) mass is 516 g/mol. The molecule has 0 aromatic heterocycles. The van der Waals surface area contributed by atoms with Crippen molar-refractivity contribution >= 4 is 17.5 Å². The molecule has 2 aliphatic rings. The standard InChI is InChI=1S/C29H40O8/c1-7-8-9-10-11-16(2)12-17(3)25(33)37-29(6)24(32)22-19-13-18(30)15-27(4,35)23(19)21(31)14-20(22)28(5,36)26(29)34/h12,14,16,18,30-31,35-36H,7-11,13,15H2,1-6H3. The first kappa shape index (κ1) is 29.0. The maximum atomic E-state index is 13.8. The number of carbonyl (C=O) groups excluding carboxylic acids is 3. The lowest BCUT2D eigenvalue weighted by molar-refractivity contribution is -0.167. The van der Waals surface area contributed by atoms with E-state index in [0.29, 0.717) is 0 Å². The molecule has 2 aliphatic carbocycles. The molecule has 3 rings (SSSR count). The van der Waals surface area contributed by atoms with Gasteiger partial charge in [0.15, 0.2) is 5.60 Å². The second-order valence-electron chi connectivity index (χ2n) is 11.3. The summed E-state index contributed by atoms with van der Waals surface area (Å²) in [5, 5.41) is 43.3. The molecule has 0 heterocycles. The molecule has 1 aromatic rings. The van der Waals surface area contributed by atoms with Crippen LogP contribution >= 0.6 is 0 Å². The van der Waals surface area contributed by atoms with E-state index in [0.717, 1.165) is 45.1 Å². The summed E-state index contributed by atoms with van der Waals surface area (Å²) in [4.78, 5) is 40.3. The average Bonchev–Trinajstić information content (AvgIpc) is 2.78. The fourth-order valence-corrected chi connectivity index (χ4v) is 5.80. The zero-order valence-corrected chi connectivity index (χ0v) is 22.7. The number of phenols is 1. The summed E-state index contributed by atoms with van der Waals surface area (Å²) >= 11 is 0. The third-order valence-corrected chi connectivity index (χ3v) is 7.75. The predicted molar refractivity (Wildman–Crippen MR) is 137 cm³/mol. The Hall–Kier alpha value is -2.55. The van der Waals surface area contributed by atoms with Crippen LogP contribution in [0.4, 0.5) is 0 Å². The Kier molecular flexibility index (Phi) is 8.08. The molecule has 0 saturated heterocycles. The number of hydrogen-bond donors (Lipinski definition) is 4. The van der Waals surface area contributed by atoms with E-state index in [1.807, 2.05) is 6.92 Å². The van der Waals surface area contributed by atoms with Gasteiger partial charge in [-0.25, -0.2) is 4.79 Å². The molecule has 0 radical (unpaired) electrons. The van der Waals surface area contributed by atoms with Gasteiger partial charge in [-0.15, -0.1) is 0 Å². The molecule has 4 N–H and O–H groups in total. The Balaban J connectivity index is 2.01. The number of fused-ring (bicyclic) bond motifs is 3. The molecule has 0 saturated carbocycles. The summed E-state index contributed by atoms with van der Waals surface area (Å²) in [5.74, 6) is -3.04. The Morgan fingerprint density at radius 3 is 2.46 bits per heavy atom. The van der Waals surface area contributed by atoms with Crippen molar-refractivity contribution in [1.82, 2.24) is 0 Å². The quantitative estimate of drug-likeness (QED) is 0.177. The van der Waals surface area contributed by atoms with Gasteiger partial charge >= 0.3 is 5.97 Å².